The zero-order valence-electron chi connectivity index (χ0n) is 11.0. The summed E-state index contributed by atoms with van der Waals surface area (Å²) in [5.74, 6) is -0.472. The van der Waals surface area contributed by atoms with Gasteiger partial charge < -0.3 is 5.11 Å². The number of carbonyl (C=O) groups is 1. The molecule has 1 aromatic carbocycles. The second-order valence-corrected chi connectivity index (χ2v) is 5.07. The SMILES string of the molecule is O=C(CN(CCO)C1CCCC1)c1cccc(F)c1. The molecule has 1 aliphatic carbocycles. The Balaban J connectivity index is 2.01. The molecule has 0 spiro atoms. The highest BCUT2D eigenvalue weighted by atomic mass is 19.1. The van der Waals surface area contributed by atoms with Crippen molar-refractivity contribution in [2.75, 3.05) is 19.7 Å². The summed E-state index contributed by atoms with van der Waals surface area (Å²) in [6, 6.07) is 6.17. The first kappa shape index (κ1) is 14.2. The first-order chi connectivity index (χ1) is 9.20. The van der Waals surface area contributed by atoms with Crippen LogP contribution >= 0.6 is 0 Å². The number of carbonyl (C=O) groups excluding carboxylic acids is 1. The van der Waals surface area contributed by atoms with Gasteiger partial charge in [0.15, 0.2) is 5.78 Å². The number of aliphatic hydroxyl groups is 1. The van der Waals surface area contributed by atoms with Gasteiger partial charge in [-0.05, 0) is 25.0 Å². The summed E-state index contributed by atoms with van der Waals surface area (Å²) in [6.07, 6.45) is 4.52. The van der Waals surface area contributed by atoms with E-state index in [2.05, 4.69) is 0 Å². The highest BCUT2D eigenvalue weighted by Gasteiger charge is 2.24. The summed E-state index contributed by atoms with van der Waals surface area (Å²) in [4.78, 5) is 14.2. The molecule has 19 heavy (non-hydrogen) atoms. The fourth-order valence-electron chi connectivity index (χ4n) is 2.73. The molecule has 3 nitrogen and oxygen atoms in total. The third-order valence-electron chi connectivity index (χ3n) is 3.72. The van der Waals surface area contributed by atoms with Gasteiger partial charge in [-0.15, -0.1) is 0 Å². The Hall–Kier alpha value is -1.26. The maximum Gasteiger partial charge on any atom is 0.176 e. The van der Waals surface area contributed by atoms with Crippen LogP contribution in [0.3, 0.4) is 0 Å². The smallest absolute Gasteiger partial charge is 0.176 e. The van der Waals surface area contributed by atoms with Gasteiger partial charge in [-0.1, -0.05) is 25.0 Å². The molecule has 1 aromatic rings. The number of Topliss-reactive ketones (excluding diaryl/α,β-unsaturated/α-hetero) is 1. The maximum atomic E-state index is 13.1. The highest BCUT2D eigenvalue weighted by molar-refractivity contribution is 5.97. The number of aliphatic hydroxyl groups excluding tert-OH is 1. The Kier molecular flexibility index (Phi) is 5.05. The van der Waals surface area contributed by atoms with Crippen LogP contribution in [0, 0.1) is 5.82 Å². The Labute approximate surface area is 113 Å². The van der Waals surface area contributed by atoms with Crippen molar-refractivity contribution in [2.24, 2.45) is 0 Å². The van der Waals surface area contributed by atoms with Crippen molar-refractivity contribution in [3.05, 3.63) is 35.6 Å². The topological polar surface area (TPSA) is 40.5 Å². The summed E-state index contributed by atoms with van der Waals surface area (Å²) in [7, 11) is 0. The molecule has 4 heteroatoms. The van der Waals surface area contributed by atoms with Crippen LogP contribution in [0.25, 0.3) is 0 Å². The van der Waals surface area contributed by atoms with Crippen molar-refractivity contribution < 1.29 is 14.3 Å². The molecule has 0 bridgehead atoms. The van der Waals surface area contributed by atoms with E-state index in [-0.39, 0.29) is 24.8 Å². The number of ketones is 1. The quantitative estimate of drug-likeness (QED) is 0.802. The lowest BCUT2D eigenvalue weighted by Gasteiger charge is -2.27. The van der Waals surface area contributed by atoms with Crippen LogP contribution in [-0.2, 0) is 0 Å². The van der Waals surface area contributed by atoms with Crippen molar-refractivity contribution in [2.45, 2.75) is 31.7 Å². The summed E-state index contributed by atoms with van der Waals surface area (Å²) in [5, 5.41) is 9.11. The minimum atomic E-state index is -0.388. The second-order valence-electron chi connectivity index (χ2n) is 5.07. The molecule has 0 atom stereocenters. The lowest BCUT2D eigenvalue weighted by molar-refractivity contribution is 0.0862. The lowest BCUT2D eigenvalue weighted by Crippen LogP contribution is -2.39. The van der Waals surface area contributed by atoms with Gasteiger partial charge in [0.2, 0.25) is 0 Å². The Morgan fingerprint density at radius 3 is 2.74 bits per heavy atom. The fourth-order valence-corrected chi connectivity index (χ4v) is 2.73. The minimum absolute atomic E-state index is 0.0485. The van der Waals surface area contributed by atoms with Gasteiger partial charge in [0.05, 0.1) is 13.2 Å². The molecule has 104 valence electrons. The average molecular weight is 265 g/mol. The molecule has 2 rings (SSSR count). The molecule has 1 saturated carbocycles. The first-order valence-corrected chi connectivity index (χ1v) is 6.84. The molecule has 1 fully saturated rings. The standard InChI is InChI=1S/C15H20FNO2/c16-13-5-3-4-12(10-13)15(19)11-17(8-9-18)14-6-1-2-7-14/h3-5,10,14,18H,1-2,6-9,11H2. The highest BCUT2D eigenvalue weighted by Crippen LogP contribution is 2.23. The molecule has 0 heterocycles. The van der Waals surface area contributed by atoms with Crippen LogP contribution < -0.4 is 0 Å². The van der Waals surface area contributed by atoms with Crippen molar-refractivity contribution in [3.63, 3.8) is 0 Å². The third-order valence-corrected chi connectivity index (χ3v) is 3.72. The summed E-state index contributed by atoms with van der Waals surface area (Å²) in [5.41, 5.74) is 0.404. The van der Waals surface area contributed by atoms with Gasteiger partial charge in [0, 0.05) is 18.2 Å². The van der Waals surface area contributed by atoms with Gasteiger partial charge in [0.25, 0.3) is 0 Å². The van der Waals surface area contributed by atoms with Gasteiger partial charge in [0.1, 0.15) is 5.82 Å². The average Bonchev–Trinajstić information content (AvgIpc) is 2.92. The zero-order chi connectivity index (χ0) is 13.7. The van der Waals surface area contributed by atoms with Crippen LogP contribution in [0.2, 0.25) is 0 Å². The number of hydrogen-bond acceptors (Lipinski definition) is 3. The normalized spacial score (nSPS) is 16.2. The Morgan fingerprint density at radius 1 is 1.37 bits per heavy atom. The molecule has 0 aliphatic heterocycles. The van der Waals surface area contributed by atoms with E-state index in [1.165, 1.54) is 25.0 Å². The maximum absolute atomic E-state index is 13.1. The first-order valence-electron chi connectivity index (χ1n) is 6.84. The van der Waals surface area contributed by atoms with Gasteiger partial charge in [-0.3, -0.25) is 9.69 Å². The molecule has 0 amide bonds. The van der Waals surface area contributed by atoms with E-state index >= 15 is 0 Å². The summed E-state index contributed by atoms with van der Waals surface area (Å²) >= 11 is 0. The van der Waals surface area contributed by atoms with Crippen LogP contribution in [-0.4, -0.2) is 41.5 Å². The second kappa shape index (κ2) is 6.78. The van der Waals surface area contributed by atoms with Crippen LogP contribution in [0.15, 0.2) is 24.3 Å². The van der Waals surface area contributed by atoms with Gasteiger partial charge >= 0.3 is 0 Å². The van der Waals surface area contributed by atoms with E-state index in [1.54, 1.807) is 12.1 Å². The van der Waals surface area contributed by atoms with E-state index < -0.39 is 0 Å². The molecule has 0 aromatic heterocycles. The largest absolute Gasteiger partial charge is 0.395 e. The molecule has 0 radical (unpaired) electrons. The number of hydrogen-bond donors (Lipinski definition) is 1. The molecule has 0 saturated heterocycles. The number of benzene rings is 1. The van der Waals surface area contributed by atoms with Crippen LogP contribution in [0.1, 0.15) is 36.0 Å². The van der Waals surface area contributed by atoms with E-state index in [9.17, 15) is 9.18 Å². The Bertz CT molecular complexity index is 430. The molecule has 1 aliphatic rings. The van der Waals surface area contributed by atoms with Crippen molar-refractivity contribution in [3.8, 4) is 0 Å². The van der Waals surface area contributed by atoms with Gasteiger partial charge in [-0.25, -0.2) is 4.39 Å². The Morgan fingerprint density at radius 2 is 2.11 bits per heavy atom. The molecular weight excluding hydrogens is 245 g/mol. The number of halogens is 1. The zero-order valence-corrected chi connectivity index (χ0v) is 11.0. The van der Waals surface area contributed by atoms with Crippen molar-refractivity contribution in [1.29, 1.82) is 0 Å². The summed E-state index contributed by atoms with van der Waals surface area (Å²) in [6.45, 7) is 0.813. The lowest BCUT2D eigenvalue weighted by atomic mass is 10.1. The van der Waals surface area contributed by atoms with E-state index in [4.69, 9.17) is 5.11 Å². The summed E-state index contributed by atoms with van der Waals surface area (Å²) < 4.78 is 13.1. The fraction of sp³-hybridized carbons (Fsp3) is 0.533. The van der Waals surface area contributed by atoms with E-state index in [0.29, 0.717) is 18.2 Å². The van der Waals surface area contributed by atoms with E-state index in [1.807, 2.05) is 4.90 Å². The van der Waals surface area contributed by atoms with Crippen LogP contribution in [0.4, 0.5) is 4.39 Å². The molecule has 1 N–H and O–H groups in total. The monoisotopic (exact) mass is 265 g/mol. The van der Waals surface area contributed by atoms with E-state index in [0.717, 1.165) is 12.8 Å². The van der Waals surface area contributed by atoms with Gasteiger partial charge in [-0.2, -0.15) is 0 Å². The predicted octanol–water partition coefficient (Wildman–Crippen LogP) is 2.25. The van der Waals surface area contributed by atoms with Crippen molar-refractivity contribution in [1.82, 2.24) is 4.90 Å². The molecule has 0 unspecified atom stereocenters. The van der Waals surface area contributed by atoms with Crippen LogP contribution in [0.5, 0.6) is 0 Å². The van der Waals surface area contributed by atoms with Crippen molar-refractivity contribution >= 4 is 5.78 Å². The molecular formula is C15H20FNO2. The number of rotatable bonds is 6. The predicted molar refractivity (Wildman–Crippen MR) is 71.6 cm³/mol. The third kappa shape index (κ3) is 3.85. The number of nitrogens with zero attached hydrogens (tertiary/aromatic N) is 1. The minimum Gasteiger partial charge on any atom is -0.395 e.